The molecule has 0 unspecified atom stereocenters. The smallest absolute Gasteiger partial charge is 0.306 e. The molecule has 1 atom stereocenters. The molecule has 0 aliphatic rings. The van der Waals surface area contributed by atoms with E-state index in [4.69, 9.17) is 14.2 Å². The summed E-state index contributed by atoms with van der Waals surface area (Å²) in [6, 6.07) is 0. The molecule has 0 bridgehead atoms. The number of unbranched alkanes of at least 4 members (excludes halogenated alkanes) is 26. The summed E-state index contributed by atoms with van der Waals surface area (Å²) in [5.74, 6) is -0.967. The minimum atomic E-state index is -0.811. The van der Waals surface area contributed by atoms with Crippen LogP contribution in [0.25, 0.3) is 0 Å². The highest BCUT2D eigenvalue weighted by Crippen LogP contribution is 2.15. The maximum absolute atomic E-state index is 12.8. The SMILES string of the molecule is CC/C=C/C/C=C/C/C=C/C/C=C/C/C=C/CCCC(=O)O[C@H](COC(=O)CCCCCCC/C=C/CCCCCCC)COC(=O)CCCCCCCCCCC/C=C/CCCCCCCC. The first-order valence-corrected chi connectivity index (χ1v) is 28.6. The molecule has 0 amide bonds. The monoisotopic (exact) mass is 947 g/mol. The van der Waals surface area contributed by atoms with Gasteiger partial charge < -0.3 is 14.2 Å². The lowest BCUT2D eigenvalue weighted by Crippen LogP contribution is -2.30. The molecule has 0 aliphatic heterocycles. The lowest BCUT2D eigenvalue weighted by molar-refractivity contribution is -0.167. The third-order valence-corrected chi connectivity index (χ3v) is 12.1. The fraction of sp³-hybridized carbons (Fsp3) is 0.726. The second-order valence-electron chi connectivity index (χ2n) is 18.8. The molecule has 0 N–H and O–H groups in total. The maximum atomic E-state index is 12.8. The molecule has 0 fully saturated rings. The Morgan fingerprint density at radius 3 is 0.956 bits per heavy atom. The standard InChI is InChI=1S/C62H106O6/c1-4-7-10-13-16-19-22-25-28-30-31-33-34-37-40-43-46-49-52-55-61(64)67-58-59(57-66-60(63)54-51-48-45-42-39-36-27-24-21-18-15-12-9-6-3)68-62(65)56-53-50-47-44-41-38-35-32-29-26-23-20-17-14-11-8-5-2/h8,11,17,20,24-29,35,38,44,47,59H,4-7,9-10,12-16,18-19,21-23,30-34,36-37,39-43,45-46,48-58H2,1-3H3/b11-8+,20-17+,27-24+,28-25+,29-26+,38-35+,47-44+/t59-/m1/s1. The van der Waals surface area contributed by atoms with Crippen molar-refractivity contribution in [2.24, 2.45) is 0 Å². The number of hydrogen-bond donors (Lipinski definition) is 0. The van der Waals surface area contributed by atoms with Gasteiger partial charge in [-0.25, -0.2) is 0 Å². The highest BCUT2D eigenvalue weighted by atomic mass is 16.6. The molecule has 68 heavy (non-hydrogen) atoms. The van der Waals surface area contributed by atoms with Crippen LogP contribution in [0.4, 0.5) is 0 Å². The number of rotatable bonds is 51. The fourth-order valence-electron chi connectivity index (χ4n) is 7.82. The van der Waals surface area contributed by atoms with Gasteiger partial charge in [-0.2, -0.15) is 0 Å². The first-order valence-electron chi connectivity index (χ1n) is 28.6. The van der Waals surface area contributed by atoms with Gasteiger partial charge in [0, 0.05) is 19.3 Å². The van der Waals surface area contributed by atoms with Crippen molar-refractivity contribution in [3.05, 3.63) is 85.1 Å². The second kappa shape index (κ2) is 56.2. The van der Waals surface area contributed by atoms with Gasteiger partial charge in [0.2, 0.25) is 0 Å². The zero-order valence-electron chi connectivity index (χ0n) is 44.6. The van der Waals surface area contributed by atoms with Crippen molar-refractivity contribution >= 4 is 17.9 Å². The van der Waals surface area contributed by atoms with E-state index >= 15 is 0 Å². The van der Waals surface area contributed by atoms with Gasteiger partial charge in [-0.15, -0.1) is 0 Å². The van der Waals surface area contributed by atoms with Crippen LogP contribution in [0.1, 0.15) is 271 Å². The Kier molecular flexibility index (Phi) is 53.4. The Morgan fingerprint density at radius 1 is 0.309 bits per heavy atom. The predicted octanol–water partition coefficient (Wildman–Crippen LogP) is 19.2. The average Bonchev–Trinajstić information content (AvgIpc) is 3.34. The van der Waals surface area contributed by atoms with Gasteiger partial charge in [0.25, 0.3) is 0 Å². The zero-order valence-corrected chi connectivity index (χ0v) is 44.6. The number of esters is 3. The number of carbonyl (C=O) groups is 3. The van der Waals surface area contributed by atoms with E-state index in [-0.39, 0.29) is 37.5 Å². The molecule has 0 aliphatic carbocycles. The zero-order chi connectivity index (χ0) is 49.3. The molecular weight excluding hydrogens is 841 g/mol. The van der Waals surface area contributed by atoms with Crippen LogP contribution in [0.15, 0.2) is 85.1 Å². The van der Waals surface area contributed by atoms with E-state index in [0.29, 0.717) is 19.3 Å². The Bertz CT molecular complexity index is 1320. The van der Waals surface area contributed by atoms with Crippen molar-refractivity contribution in [1.82, 2.24) is 0 Å². The number of allylic oxidation sites excluding steroid dienone is 14. The first kappa shape index (κ1) is 64.6. The highest BCUT2D eigenvalue weighted by molar-refractivity contribution is 5.71. The summed E-state index contributed by atoms with van der Waals surface area (Å²) in [5, 5.41) is 0. The average molecular weight is 948 g/mol. The molecular formula is C62H106O6. The molecule has 6 nitrogen and oxygen atoms in total. The first-order chi connectivity index (χ1) is 33.5. The van der Waals surface area contributed by atoms with Crippen LogP contribution in [-0.2, 0) is 28.6 Å². The summed E-state index contributed by atoms with van der Waals surface area (Å²) >= 11 is 0. The van der Waals surface area contributed by atoms with Gasteiger partial charge in [-0.05, 0) is 109 Å². The van der Waals surface area contributed by atoms with Crippen LogP contribution in [-0.4, -0.2) is 37.2 Å². The van der Waals surface area contributed by atoms with Crippen LogP contribution >= 0.6 is 0 Å². The largest absolute Gasteiger partial charge is 0.462 e. The summed E-state index contributed by atoms with van der Waals surface area (Å²) in [6.07, 6.45) is 72.9. The predicted molar refractivity (Wildman–Crippen MR) is 293 cm³/mol. The summed E-state index contributed by atoms with van der Waals surface area (Å²) < 4.78 is 16.8. The maximum Gasteiger partial charge on any atom is 0.306 e. The summed E-state index contributed by atoms with van der Waals surface area (Å²) in [5.41, 5.74) is 0. The number of hydrogen-bond acceptors (Lipinski definition) is 6. The van der Waals surface area contributed by atoms with Crippen LogP contribution < -0.4 is 0 Å². The summed E-state index contributed by atoms with van der Waals surface area (Å²) in [7, 11) is 0. The van der Waals surface area contributed by atoms with Crippen molar-refractivity contribution in [2.75, 3.05) is 13.2 Å². The van der Waals surface area contributed by atoms with E-state index < -0.39 is 6.10 Å². The molecule has 0 saturated heterocycles. The van der Waals surface area contributed by atoms with Gasteiger partial charge in [-0.3, -0.25) is 14.4 Å². The molecule has 390 valence electrons. The number of carbonyl (C=O) groups excluding carboxylic acids is 3. The second-order valence-corrected chi connectivity index (χ2v) is 18.8. The van der Waals surface area contributed by atoms with Gasteiger partial charge in [0.05, 0.1) is 0 Å². The van der Waals surface area contributed by atoms with Crippen molar-refractivity contribution in [3.63, 3.8) is 0 Å². The van der Waals surface area contributed by atoms with Crippen molar-refractivity contribution in [2.45, 2.75) is 277 Å². The molecule has 0 heterocycles. The van der Waals surface area contributed by atoms with Crippen molar-refractivity contribution < 1.29 is 28.6 Å². The van der Waals surface area contributed by atoms with E-state index in [0.717, 1.165) is 89.9 Å². The van der Waals surface area contributed by atoms with Gasteiger partial charge >= 0.3 is 17.9 Å². The Balaban J connectivity index is 4.46. The quantitative estimate of drug-likeness (QED) is 0.0262. The van der Waals surface area contributed by atoms with E-state index in [1.165, 1.54) is 135 Å². The molecule has 0 aromatic carbocycles. The molecule has 0 aromatic heterocycles. The van der Waals surface area contributed by atoms with E-state index in [1.807, 2.05) is 0 Å². The molecule has 0 radical (unpaired) electrons. The van der Waals surface area contributed by atoms with Crippen molar-refractivity contribution in [3.8, 4) is 0 Å². The van der Waals surface area contributed by atoms with Gasteiger partial charge in [-0.1, -0.05) is 228 Å². The lowest BCUT2D eigenvalue weighted by atomic mass is 10.1. The Morgan fingerprint density at radius 2 is 0.588 bits per heavy atom. The normalized spacial score (nSPS) is 12.7. The minimum absolute atomic E-state index is 0.102. The van der Waals surface area contributed by atoms with Gasteiger partial charge in [0.1, 0.15) is 13.2 Å². The topological polar surface area (TPSA) is 78.9 Å². The lowest BCUT2D eigenvalue weighted by Gasteiger charge is -2.18. The Hall–Kier alpha value is -3.41. The van der Waals surface area contributed by atoms with Gasteiger partial charge in [0.15, 0.2) is 6.10 Å². The number of ether oxygens (including phenoxy) is 3. The van der Waals surface area contributed by atoms with Crippen LogP contribution in [0.5, 0.6) is 0 Å². The molecule has 0 spiro atoms. The molecule has 0 aromatic rings. The summed E-state index contributed by atoms with van der Waals surface area (Å²) in [4.78, 5) is 38.1. The van der Waals surface area contributed by atoms with E-state index in [9.17, 15) is 14.4 Å². The fourth-order valence-corrected chi connectivity index (χ4v) is 7.82. The third-order valence-electron chi connectivity index (χ3n) is 12.1. The highest BCUT2D eigenvalue weighted by Gasteiger charge is 2.19. The Labute approximate surface area is 420 Å². The van der Waals surface area contributed by atoms with Crippen LogP contribution in [0.2, 0.25) is 0 Å². The molecule has 6 heteroatoms. The van der Waals surface area contributed by atoms with Crippen LogP contribution in [0, 0.1) is 0 Å². The molecule has 0 rings (SSSR count). The van der Waals surface area contributed by atoms with E-state index in [2.05, 4.69) is 106 Å². The minimum Gasteiger partial charge on any atom is -0.462 e. The van der Waals surface area contributed by atoms with E-state index in [1.54, 1.807) is 0 Å². The third kappa shape index (κ3) is 53.5. The van der Waals surface area contributed by atoms with Crippen LogP contribution in [0.3, 0.4) is 0 Å². The van der Waals surface area contributed by atoms with Crippen molar-refractivity contribution in [1.29, 1.82) is 0 Å². The summed E-state index contributed by atoms with van der Waals surface area (Å²) in [6.45, 7) is 6.47. The molecule has 0 saturated carbocycles.